The molecule has 0 unspecified atom stereocenters. The van der Waals surface area contributed by atoms with Crippen LogP contribution in [0.1, 0.15) is 21.5 Å². The Labute approximate surface area is 128 Å². The van der Waals surface area contributed by atoms with E-state index in [4.69, 9.17) is 0 Å². The monoisotopic (exact) mass is 329 g/mol. The van der Waals surface area contributed by atoms with Gasteiger partial charge >= 0.3 is 0 Å². The minimum atomic E-state index is 0.674. The predicted octanol–water partition coefficient (Wildman–Crippen LogP) is 3.43. The topological polar surface area (TPSA) is 43.1 Å². The standard InChI is InChI=1S/C16H11BrO.CH5N/c17-16-10-8-14(9-11-16)3-1-2-13-4-6-15(12-18)7-5-13;1-2/h4-12H,3H2;2H2,1H3. The third kappa shape index (κ3) is 5.40. The molecule has 2 N–H and O–H groups in total. The number of carbonyl (C=O) groups is 1. The summed E-state index contributed by atoms with van der Waals surface area (Å²) in [5, 5.41) is 0. The van der Waals surface area contributed by atoms with Crippen LogP contribution in [0.2, 0.25) is 0 Å². The number of carbonyl (C=O) groups excluding carboxylic acids is 1. The fraction of sp³-hybridized carbons (Fsp3) is 0.118. The van der Waals surface area contributed by atoms with E-state index in [2.05, 4.69) is 33.5 Å². The molecule has 0 spiro atoms. The number of halogens is 1. The van der Waals surface area contributed by atoms with E-state index in [0.717, 1.165) is 22.7 Å². The van der Waals surface area contributed by atoms with Gasteiger partial charge in [0.05, 0.1) is 0 Å². The van der Waals surface area contributed by atoms with Crippen molar-refractivity contribution in [3.63, 3.8) is 0 Å². The third-order valence-electron chi connectivity index (χ3n) is 2.49. The van der Waals surface area contributed by atoms with Crippen molar-refractivity contribution in [1.82, 2.24) is 0 Å². The lowest BCUT2D eigenvalue weighted by Crippen LogP contribution is -1.82. The van der Waals surface area contributed by atoms with E-state index in [1.54, 1.807) is 12.1 Å². The number of aldehydes is 1. The van der Waals surface area contributed by atoms with Crippen molar-refractivity contribution in [3.8, 4) is 11.8 Å². The van der Waals surface area contributed by atoms with Crippen molar-refractivity contribution in [2.75, 3.05) is 7.05 Å². The van der Waals surface area contributed by atoms with E-state index in [1.807, 2.05) is 36.4 Å². The van der Waals surface area contributed by atoms with Gasteiger partial charge in [-0.3, -0.25) is 4.79 Å². The van der Waals surface area contributed by atoms with Crippen LogP contribution in [0, 0.1) is 11.8 Å². The van der Waals surface area contributed by atoms with Gasteiger partial charge in [-0.1, -0.05) is 52.0 Å². The summed E-state index contributed by atoms with van der Waals surface area (Å²) < 4.78 is 1.07. The Kier molecular flexibility index (Phi) is 7.34. The molecule has 0 heterocycles. The second-order valence-electron chi connectivity index (χ2n) is 3.84. The number of hydrogen-bond acceptors (Lipinski definition) is 2. The van der Waals surface area contributed by atoms with Crippen LogP contribution in [-0.4, -0.2) is 13.3 Å². The molecule has 0 atom stereocenters. The summed E-state index contributed by atoms with van der Waals surface area (Å²) in [4.78, 5) is 10.5. The van der Waals surface area contributed by atoms with Crippen LogP contribution in [-0.2, 0) is 6.42 Å². The van der Waals surface area contributed by atoms with Gasteiger partial charge in [-0.05, 0) is 36.9 Å². The van der Waals surface area contributed by atoms with Gasteiger partial charge in [0.2, 0.25) is 0 Å². The number of rotatable bonds is 2. The van der Waals surface area contributed by atoms with Gasteiger partial charge in [0, 0.05) is 22.0 Å². The molecule has 3 heteroatoms. The lowest BCUT2D eigenvalue weighted by atomic mass is 10.1. The fourth-order valence-electron chi connectivity index (χ4n) is 1.50. The first-order valence-corrected chi connectivity index (χ1v) is 6.93. The van der Waals surface area contributed by atoms with E-state index in [-0.39, 0.29) is 0 Å². The maximum Gasteiger partial charge on any atom is 0.150 e. The Bertz CT molecular complexity index is 592. The predicted molar refractivity (Wildman–Crippen MR) is 86.7 cm³/mol. The van der Waals surface area contributed by atoms with Crippen molar-refractivity contribution in [2.24, 2.45) is 5.73 Å². The first-order valence-electron chi connectivity index (χ1n) is 6.14. The highest BCUT2D eigenvalue weighted by atomic mass is 79.9. The average molecular weight is 330 g/mol. The van der Waals surface area contributed by atoms with Crippen LogP contribution in [0.5, 0.6) is 0 Å². The van der Waals surface area contributed by atoms with Gasteiger partial charge in [-0.15, -0.1) is 0 Å². The van der Waals surface area contributed by atoms with Crippen LogP contribution >= 0.6 is 15.9 Å². The largest absolute Gasteiger partial charge is 0.333 e. The molecule has 0 bridgehead atoms. The van der Waals surface area contributed by atoms with Crippen LogP contribution in [0.25, 0.3) is 0 Å². The molecular weight excluding hydrogens is 314 g/mol. The van der Waals surface area contributed by atoms with Gasteiger partial charge < -0.3 is 5.73 Å². The molecule has 2 aromatic carbocycles. The summed E-state index contributed by atoms with van der Waals surface area (Å²) >= 11 is 3.40. The molecule has 0 aliphatic heterocycles. The Balaban J connectivity index is 0.000000956. The third-order valence-corrected chi connectivity index (χ3v) is 3.01. The molecule has 0 saturated carbocycles. The molecular formula is C17H16BrNO. The van der Waals surface area contributed by atoms with Crippen LogP contribution in [0.4, 0.5) is 0 Å². The zero-order valence-corrected chi connectivity index (χ0v) is 12.9. The number of nitrogens with two attached hydrogens (primary N) is 1. The summed E-state index contributed by atoms with van der Waals surface area (Å²) in [5.74, 6) is 6.20. The van der Waals surface area contributed by atoms with Crippen molar-refractivity contribution in [2.45, 2.75) is 6.42 Å². The zero-order chi connectivity index (χ0) is 14.8. The Hall–Kier alpha value is -1.89. The second kappa shape index (κ2) is 9.08. The molecule has 0 aromatic heterocycles. The SMILES string of the molecule is CN.O=Cc1ccc(C#CCc2ccc(Br)cc2)cc1. The smallest absolute Gasteiger partial charge is 0.150 e. The first kappa shape index (κ1) is 16.2. The summed E-state index contributed by atoms with van der Waals surface area (Å²) in [5.41, 5.74) is 7.29. The van der Waals surface area contributed by atoms with Gasteiger partial charge in [-0.2, -0.15) is 0 Å². The van der Waals surface area contributed by atoms with Gasteiger partial charge in [-0.25, -0.2) is 0 Å². The minimum Gasteiger partial charge on any atom is -0.333 e. The van der Waals surface area contributed by atoms with Crippen molar-refractivity contribution < 1.29 is 4.79 Å². The zero-order valence-electron chi connectivity index (χ0n) is 11.3. The molecule has 0 fully saturated rings. The molecule has 2 nitrogen and oxygen atoms in total. The van der Waals surface area contributed by atoms with E-state index in [0.29, 0.717) is 5.56 Å². The van der Waals surface area contributed by atoms with Crippen molar-refractivity contribution >= 4 is 22.2 Å². The Morgan fingerprint density at radius 1 is 1.05 bits per heavy atom. The lowest BCUT2D eigenvalue weighted by molar-refractivity contribution is 0.112. The highest BCUT2D eigenvalue weighted by Gasteiger charge is 1.91. The summed E-state index contributed by atoms with van der Waals surface area (Å²) in [6, 6.07) is 15.4. The maximum absolute atomic E-state index is 10.5. The van der Waals surface area contributed by atoms with Crippen molar-refractivity contribution in [3.05, 3.63) is 69.7 Å². The van der Waals surface area contributed by atoms with Gasteiger partial charge in [0.1, 0.15) is 6.29 Å². The molecule has 0 aliphatic rings. The maximum atomic E-state index is 10.5. The minimum absolute atomic E-state index is 0.674. The summed E-state index contributed by atoms with van der Waals surface area (Å²) in [6.07, 6.45) is 1.56. The molecule has 0 aliphatic carbocycles. The molecule has 0 saturated heterocycles. The van der Waals surface area contributed by atoms with E-state index in [1.165, 1.54) is 12.6 Å². The highest BCUT2D eigenvalue weighted by Crippen LogP contribution is 2.10. The van der Waals surface area contributed by atoms with Crippen LogP contribution < -0.4 is 5.73 Å². The van der Waals surface area contributed by atoms with Gasteiger partial charge in [0.15, 0.2) is 0 Å². The lowest BCUT2D eigenvalue weighted by Gasteiger charge is -1.94. The second-order valence-corrected chi connectivity index (χ2v) is 4.76. The first-order chi connectivity index (χ1) is 9.78. The molecule has 0 radical (unpaired) electrons. The number of benzene rings is 2. The highest BCUT2D eigenvalue weighted by molar-refractivity contribution is 9.10. The van der Waals surface area contributed by atoms with E-state index in [9.17, 15) is 4.79 Å². The molecule has 102 valence electrons. The van der Waals surface area contributed by atoms with Crippen molar-refractivity contribution in [1.29, 1.82) is 0 Å². The van der Waals surface area contributed by atoms with E-state index >= 15 is 0 Å². The molecule has 20 heavy (non-hydrogen) atoms. The van der Waals surface area contributed by atoms with Gasteiger partial charge in [0.25, 0.3) is 0 Å². The molecule has 0 amide bonds. The normalized spacial score (nSPS) is 8.75. The number of hydrogen-bond donors (Lipinski definition) is 1. The quantitative estimate of drug-likeness (QED) is 0.677. The van der Waals surface area contributed by atoms with E-state index < -0.39 is 0 Å². The summed E-state index contributed by atoms with van der Waals surface area (Å²) in [6.45, 7) is 0. The molecule has 2 rings (SSSR count). The van der Waals surface area contributed by atoms with Crippen LogP contribution in [0.3, 0.4) is 0 Å². The average Bonchev–Trinajstić information content (AvgIpc) is 2.52. The molecule has 2 aromatic rings. The summed E-state index contributed by atoms with van der Waals surface area (Å²) in [7, 11) is 1.50. The van der Waals surface area contributed by atoms with Crippen LogP contribution in [0.15, 0.2) is 53.0 Å². The Morgan fingerprint density at radius 3 is 2.20 bits per heavy atom. The Morgan fingerprint density at radius 2 is 1.65 bits per heavy atom. The fourth-order valence-corrected chi connectivity index (χ4v) is 1.76.